The van der Waals surface area contributed by atoms with Crippen LogP contribution in [0.25, 0.3) is 0 Å². The normalized spacial score (nSPS) is 10.3. The molecule has 18 heavy (non-hydrogen) atoms. The van der Waals surface area contributed by atoms with Crippen molar-refractivity contribution < 1.29 is 18.8 Å². The van der Waals surface area contributed by atoms with Gasteiger partial charge in [0.1, 0.15) is 12.4 Å². The van der Waals surface area contributed by atoms with E-state index in [9.17, 15) is 4.79 Å². The number of unbranched alkanes of at least 4 members (excludes halogenated alkanes) is 2. The Balaban J connectivity index is 2.21. The highest BCUT2D eigenvalue weighted by molar-refractivity contribution is 5.59. The molecule has 5 heteroatoms. The summed E-state index contributed by atoms with van der Waals surface area (Å²) in [5, 5.41) is 0. The summed E-state index contributed by atoms with van der Waals surface area (Å²) >= 11 is 0. The molecule has 1 aromatic heterocycles. The molecule has 0 N–H and O–H groups in total. The van der Waals surface area contributed by atoms with Crippen LogP contribution in [0.4, 0.5) is 4.79 Å². The zero-order valence-corrected chi connectivity index (χ0v) is 11.3. The predicted octanol–water partition coefficient (Wildman–Crippen LogP) is 2.49. The van der Waals surface area contributed by atoms with Crippen LogP contribution in [0.15, 0.2) is 18.7 Å². The van der Waals surface area contributed by atoms with Crippen molar-refractivity contribution in [3.05, 3.63) is 18.7 Å². The van der Waals surface area contributed by atoms with Gasteiger partial charge in [-0.15, -0.1) is 0 Å². The number of ether oxygens (including phenoxy) is 2. The summed E-state index contributed by atoms with van der Waals surface area (Å²) in [6.45, 7) is 5.82. The number of aryl methyl sites for hydroxylation is 1. The zero-order valence-electron chi connectivity index (χ0n) is 11.3. The number of hydrogen-bond donors (Lipinski definition) is 0. The van der Waals surface area contributed by atoms with Crippen LogP contribution in [0.2, 0.25) is 0 Å². The van der Waals surface area contributed by atoms with Crippen LogP contribution in [0.3, 0.4) is 0 Å². The minimum absolute atomic E-state index is 0.198. The highest BCUT2D eigenvalue weighted by atomic mass is 16.7. The van der Waals surface area contributed by atoms with E-state index in [1.54, 1.807) is 0 Å². The quantitative estimate of drug-likeness (QED) is 0.407. The second kappa shape index (κ2) is 8.55. The lowest BCUT2D eigenvalue weighted by molar-refractivity contribution is -0.727. The van der Waals surface area contributed by atoms with Crippen molar-refractivity contribution in [1.29, 1.82) is 0 Å². The molecule has 102 valence electrons. The Morgan fingerprint density at radius 1 is 1.22 bits per heavy atom. The van der Waals surface area contributed by atoms with E-state index >= 15 is 0 Å². The van der Waals surface area contributed by atoms with Crippen molar-refractivity contribution in [2.24, 2.45) is 0 Å². The Labute approximate surface area is 108 Å². The van der Waals surface area contributed by atoms with Crippen molar-refractivity contribution in [3.63, 3.8) is 0 Å². The van der Waals surface area contributed by atoms with E-state index in [2.05, 4.69) is 11.5 Å². The molecular formula is C13H23N2O3+. The largest absolute Gasteiger partial charge is 0.511 e. The molecule has 0 aromatic carbocycles. The maximum atomic E-state index is 11.2. The maximum Gasteiger partial charge on any atom is 0.511 e. The Kier molecular flexibility index (Phi) is 6.91. The first kappa shape index (κ1) is 14.5. The van der Waals surface area contributed by atoms with Gasteiger partial charge < -0.3 is 9.47 Å². The molecule has 0 aliphatic rings. The second-order valence-corrected chi connectivity index (χ2v) is 4.24. The number of nitrogens with zero attached hydrogens (tertiary/aromatic N) is 2. The average Bonchev–Trinajstić information content (AvgIpc) is 2.82. The molecule has 0 fully saturated rings. The van der Waals surface area contributed by atoms with Crippen molar-refractivity contribution in [2.75, 3.05) is 6.61 Å². The summed E-state index contributed by atoms with van der Waals surface area (Å²) in [4.78, 5) is 11.2. The van der Waals surface area contributed by atoms with E-state index in [0.717, 1.165) is 25.8 Å². The fourth-order valence-electron chi connectivity index (χ4n) is 1.46. The van der Waals surface area contributed by atoms with Crippen molar-refractivity contribution >= 4 is 6.16 Å². The summed E-state index contributed by atoms with van der Waals surface area (Å²) in [5.41, 5.74) is 0. The van der Waals surface area contributed by atoms with E-state index in [-0.39, 0.29) is 6.73 Å². The Morgan fingerprint density at radius 2 is 2.00 bits per heavy atom. The van der Waals surface area contributed by atoms with Gasteiger partial charge in [0.25, 0.3) is 0 Å². The van der Waals surface area contributed by atoms with Crippen LogP contribution < -0.4 is 4.57 Å². The third-order valence-electron chi connectivity index (χ3n) is 2.57. The second-order valence-electron chi connectivity index (χ2n) is 4.24. The molecular weight excluding hydrogens is 232 g/mol. The Morgan fingerprint density at radius 3 is 2.72 bits per heavy atom. The van der Waals surface area contributed by atoms with Gasteiger partial charge in [-0.1, -0.05) is 26.7 Å². The van der Waals surface area contributed by atoms with Crippen LogP contribution in [-0.4, -0.2) is 17.3 Å². The number of carbonyl (C=O) groups is 1. The summed E-state index contributed by atoms with van der Waals surface area (Å²) in [5.74, 6) is 0. The molecule has 0 aliphatic heterocycles. The van der Waals surface area contributed by atoms with E-state index in [1.165, 1.54) is 6.42 Å². The molecule has 0 unspecified atom stereocenters. The van der Waals surface area contributed by atoms with E-state index in [4.69, 9.17) is 9.47 Å². The van der Waals surface area contributed by atoms with Crippen LogP contribution in [0, 0.1) is 0 Å². The van der Waals surface area contributed by atoms with Gasteiger partial charge in [-0.05, 0) is 12.8 Å². The lowest BCUT2D eigenvalue weighted by Gasteiger charge is -2.03. The van der Waals surface area contributed by atoms with Gasteiger partial charge in [-0.3, -0.25) is 0 Å². The summed E-state index contributed by atoms with van der Waals surface area (Å²) in [6, 6.07) is 0. The molecule has 1 aromatic rings. The van der Waals surface area contributed by atoms with Crippen LogP contribution in [0.1, 0.15) is 39.5 Å². The number of carbonyl (C=O) groups excluding carboxylic acids is 1. The predicted molar refractivity (Wildman–Crippen MR) is 66.9 cm³/mol. The molecule has 5 nitrogen and oxygen atoms in total. The summed E-state index contributed by atoms with van der Waals surface area (Å²) in [6.07, 6.45) is 9.37. The lowest BCUT2D eigenvalue weighted by atomic mass is 10.3. The number of hydrogen-bond acceptors (Lipinski definition) is 3. The van der Waals surface area contributed by atoms with Gasteiger partial charge in [0, 0.05) is 0 Å². The molecule has 0 saturated heterocycles. The van der Waals surface area contributed by atoms with Crippen LogP contribution in [-0.2, 0) is 22.7 Å². The van der Waals surface area contributed by atoms with Crippen LogP contribution >= 0.6 is 0 Å². The molecule has 0 amide bonds. The topological polar surface area (TPSA) is 44.3 Å². The van der Waals surface area contributed by atoms with Gasteiger partial charge in [-0.25, -0.2) is 13.9 Å². The minimum atomic E-state index is -0.600. The van der Waals surface area contributed by atoms with E-state index in [1.807, 2.05) is 30.2 Å². The van der Waals surface area contributed by atoms with Gasteiger partial charge in [0.2, 0.25) is 13.1 Å². The van der Waals surface area contributed by atoms with Gasteiger partial charge >= 0.3 is 6.16 Å². The maximum absolute atomic E-state index is 11.2. The Hall–Kier alpha value is -1.52. The number of rotatable bonds is 8. The zero-order chi connectivity index (χ0) is 13.2. The Bertz CT molecular complexity index is 350. The summed E-state index contributed by atoms with van der Waals surface area (Å²) < 4.78 is 13.8. The number of imidazole rings is 1. The third-order valence-corrected chi connectivity index (χ3v) is 2.57. The lowest BCUT2D eigenvalue weighted by Crippen LogP contribution is -2.34. The fourth-order valence-corrected chi connectivity index (χ4v) is 1.46. The molecule has 0 atom stereocenters. The van der Waals surface area contributed by atoms with Crippen LogP contribution in [0.5, 0.6) is 0 Å². The van der Waals surface area contributed by atoms with Crippen molar-refractivity contribution in [1.82, 2.24) is 4.57 Å². The summed E-state index contributed by atoms with van der Waals surface area (Å²) in [7, 11) is 0. The first-order valence-corrected chi connectivity index (χ1v) is 6.60. The van der Waals surface area contributed by atoms with Crippen molar-refractivity contribution in [2.45, 2.75) is 52.8 Å². The van der Waals surface area contributed by atoms with E-state index < -0.39 is 6.16 Å². The molecule has 1 rings (SSSR count). The van der Waals surface area contributed by atoms with Gasteiger partial charge in [0.05, 0.1) is 13.2 Å². The molecule has 0 saturated carbocycles. The van der Waals surface area contributed by atoms with Gasteiger partial charge in [-0.2, -0.15) is 0 Å². The average molecular weight is 255 g/mol. The third kappa shape index (κ3) is 5.70. The first-order chi connectivity index (χ1) is 8.76. The molecule has 0 spiro atoms. The van der Waals surface area contributed by atoms with Gasteiger partial charge in [0.15, 0.2) is 0 Å². The highest BCUT2D eigenvalue weighted by Crippen LogP contribution is 1.94. The SMILES string of the molecule is CCCCOC(=O)OC[n+]1ccn(CCCC)c1. The highest BCUT2D eigenvalue weighted by Gasteiger charge is 2.07. The minimum Gasteiger partial charge on any atom is -0.434 e. The molecule has 0 radical (unpaired) electrons. The van der Waals surface area contributed by atoms with E-state index in [0.29, 0.717) is 6.61 Å². The first-order valence-electron chi connectivity index (χ1n) is 6.60. The molecule has 1 heterocycles. The molecule has 0 aliphatic carbocycles. The van der Waals surface area contributed by atoms with Crippen molar-refractivity contribution in [3.8, 4) is 0 Å². The monoisotopic (exact) mass is 255 g/mol. The number of aromatic nitrogens is 2. The molecule has 0 bridgehead atoms. The smallest absolute Gasteiger partial charge is 0.434 e. The fraction of sp³-hybridized carbons (Fsp3) is 0.692. The standard InChI is InChI=1S/C13H23N2O3/c1-3-5-7-14-8-9-15(11-14)12-18-13(16)17-10-6-4-2/h8-9,11H,3-7,10,12H2,1-2H3/q+1.